The molecule has 2 rings (SSSR count). The van der Waals surface area contributed by atoms with Crippen LogP contribution >= 0.6 is 0 Å². The van der Waals surface area contributed by atoms with Crippen molar-refractivity contribution in [3.8, 4) is 17.6 Å². The molecular weight excluding hydrogens is 212 g/mol. The summed E-state index contributed by atoms with van der Waals surface area (Å²) in [5.41, 5.74) is 6.55. The number of nitrogens with two attached hydrogens (primary N) is 1. The maximum absolute atomic E-state index is 12.0. The fourth-order valence-corrected chi connectivity index (χ4v) is 1.28. The lowest BCUT2D eigenvalue weighted by Crippen LogP contribution is -2.02. The molecule has 84 valence electrons. The van der Waals surface area contributed by atoms with E-state index in [-0.39, 0.29) is 5.75 Å². The summed E-state index contributed by atoms with van der Waals surface area (Å²) in [6.45, 7) is -2.84. The second-order valence-electron chi connectivity index (χ2n) is 3.71. The van der Waals surface area contributed by atoms with E-state index in [1.54, 1.807) is 6.07 Å². The smallest absolute Gasteiger partial charge is 0.387 e. The summed E-state index contributed by atoms with van der Waals surface area (Å²) in [5.74, 6) is 6.45. The number of rotatable bonds is 2. The van der Waals surface area contributed by atoms with Crippen LogP contribution in [0.25, 0.3) is 0 Å². The number of hydrogen-bond acceptors (Lipinski definition) is 2. The topological polar surface area (TPSA) is 35.2 Å². The van der Waals surface area contributed by atoms with Crippen molar-refractivity contribution in [3.63, 3.8) is 0 Å². The first-order chi connectivity index (χ1) is 7.63. The summed E-state index contributed by atoms with van der Waals surface area (Å²) >= 11 is 0. The van der Waals surface area contributed by atoms with E-state index < -0.39 is 6.61 Å². The molecule has 0 radical (unpaired) electrons. The lowest BCUT2D eigenvalue weighted by molar-refractivity contribution is -0.0498. The van der Waals surface area contributed by atoms with Crippen LogP contribution in [-0.2, 0) is 0 Å². The van der Waals surface area contributed by atoms with E-state index in [4.69, 9.17) is 5.73 Å². The van der Waals surface area contributed by atoms with Gasteiger partial charge in [0.2, 0.25) is 0 Å². The van der Waals surface area contributed by atoms with Gasteiger partial charge in [0, 0.05) is 23.2 Å². The molecule has 1 aliphatic rings. The van der Waals surface area contributed by atoms with Gasteiger partial charge < -0.3 is 10.5 Å². The lowest BCUT2D eigenvalue weighted by atomic mass is 10.2. The SMILES string of the molecule is Nc1cc(C#CC2CC2)cc(OC(F)F)c1. The van der Waals surface area contributed by atoms with E-state index >= 15 is 0 Å². The van der Waals surface area contributed by atoms with Crippen molar-refractivity contribution >= 4 is 5.69 Å². The van der Waals surface area contributed by atoms with Gasteiger partial charge in [-0.3, -0.25) is 0 Å². The van der Waals surface area contributed by atoms with Crippen molar-refractivity contribution in [1.29, 1.82) is 0 Å². The van der Waals surface area contributed by atoms with Crippen LogP contribution in [0.15, 0.2) is 18.2 Å². The Morgan fingerprint density at radius 3 is 2.69 bits per heavy atom. The van der Waals surface area contributed by atoms with Gasteiger partial charge in [-0.1, -0.05) is 11.8 Å². The Morgan fingerprint density at radius 1 is 1.31 bits per heavy atom. The van der Waals surface area contributed by atoms with Crippen LogP contribution in [0, 0.1) is 17.8 Å². The summed E-state index contributed by atoms with van der Waals surface area (Å²) in [6, 6.07) is 4.47. The van der Waals surface area contributed by atoms with Gasteiger partial charge in [-0.25, -0.2) is 0 Å². The highest BCUT2D eigenvalue weighted by molar-refractivity contribution is 5.52. The normalized spacial score (nSPS) is 14.4. The first-order valence-corrected chi connectivity index (χ1v) is 5.00. The Hall–Kier alpha value is -1.76. The third-order valence-corrected chi connectivity index (χ3v) is 2.15. The van der Waals surface area contributed by atoms with Crippen molar-refractivity contribution < 1.29 is 13.5 Å². The molecule has 0 spiro atoms. The third kappa shape index (κ3) is 3.13. The van der Waals surface area contributed by atoms with Gasteiger partial charge in [-0.05, 0) is 25.0 Å². The zero-order valence-corrected chi connectivity index (χ0v) is 8.54. The highest BCUT2D eigenvalue weighted by Crippen LogP contribution is 2.28. The summed E-state index contributed by atoms with van der Waals surface area (Å²) < 4.78 is 28.3. The fourth-order valence-electron chi connectivity index (χ4n) is 1.28. The highest BCUT2D eigenvalue weighted by Gasteiger charge is 2.17. The Balaban J connectivity index is 2.18. The molecule has 1 saturated carbocycles. The first kappa shape index (κ1) is 10.7. The van der Waals surface area contributed by atoms with Crippen LogP contribution in [0.2, 0.25) is 0 Å². The standard InChI is InChI=1S/C12H11F2NO/c13-12(14)16-11-6-9(5-10(15)7-11)4-3-8-1-2-8/h5-8,12H,1-2,15H2. The molecule has 0 atom stereocenters. The average molecular weight is 223 g/mol. The maximum Gasteiger partial charge on any atom is 0.387 e. The van der Waals surface area contributed by atoms with Crippen molar-refractivity contribution in [1.82, 2.24) is 0 Å². The molecule has 16 heavy (non-hydrogen) atoms. The van der Waals surface area contributed by atoms with Crippen LogP contribution in [0.1, 0.15) is 18.4 Å². The average Bonchev–Trinajstić information content (AvgIpc) is 2.95. The minimum absolute atomic E-state index is 0.0510. The molecule has 1 aromatic rings. The first-order valence-electron chi connectivity index (χ1n) is 5.00. The van der Waals surface area contributed by atoms with Crippen LogP contribution in [0.4, 0.5) is 14.5 Å². The summed E-state index contributed by atoms with van der Waals surface area (Å²) in [5, 5.41) is 0. The maximum atomic E-state index is 12.0. The fraction of sp³-hybridized carbons (Fsp3) is 0.333. The molecule has 0 heterocycles. The third-order valence-electron chi connectivity index (χ3n) is 2.15. The van der Waals surface area contributed by atoms with Crippen molar-refractivity contribution in [2.45, 2.75) is 19.5 Å². The molecule has 0 amide bonds. The number of alkyl halides is 2. The quantitative estimate of drug-likeness (QED) is 0.618. The largest absolute Gasteiger partial charge is 0.435 e. The van der Waals surface area contributed by atoms with Crippen LogP contribution < -0.4 is 10.5 Å². The van der Waals surface area contributed by atoms with Crippen molar-refractivity contribution in [2.75, 3.05) is 5.73 Å². The molecule has 1 aliphatic carbocycles. The number of anilines is 1. The van der Waals surface area contributed by atoms with Gasteiger partial charge in [0.25, 0.3) is 0 Å². The molecule has 1 fully saturated rings. The van der Waals surface area contributed by atoms with E-state index in [0.29, 0.717) is 17.2 Å². The van der Waals surface area contributed by atoms with Crippen LogP contribution in [-0.4, -0.2) is 6.61 Å². The molecule has 0 unspecified atom stereocenters. The van der Waals surface area contributed by atoms with Crippen molar-refractivity contribution in [2.24, 2.45) is 5.92 Å². The Bertz CT molecular complexity index is 444. The van der Waals surface area contributed by atoms with E-state index in [0.717, 1.165) is 12.8 Å². The molecular formula is C12H11F2NO. The highest BCUT2D eigenvalue weighted by atomic mass is 19.3. The molecule has 2 nitrogen and oxygen atoms in total. The monoisotopic (exact) mass is 223 g/mol. The second kappa shape index (κ2) is 4.40. The minimum Gasteiger partial charge on any atom is -0.435 e. The Kier molecular flexibility index (Phi) is 2.95. The van der Waals surface area contributed by atoms with E-state index in [1.807, 2.05) is 0 Å². The summed E-state index contributed by atoms with van der Waals surface area (Å²) in [6.07, 6.45) is 2.24. The Morgan fingerprint density at radius 2 is 2.06 bits per heavy atom. The molecule has 1 aromatic carbocycles. The molecule has 4 heteroatoms. The molecule has 0 bridgehead atoms. The molecule has 2 N–H and O–H groups in total. The van der Waals surface area contributed by atoms with Crippen molar-refractivity contribution in [3.05, 3.63) is 23.8 Å². The van der Waals surface area contributed by atoms with Gasteiger partial charge in [-0.2, -0.15) is 8.78 Å². The van der Waals surface area contributed by atoms with Crippen LogP contribution in [0.5, 0.6) is 5.75 Å². The predicted octanol–water partition coefficient (Wildman–Crippen LogP) is 2.63. The van der Waals surface area contributed by atoms with Gasteiger partial charge in [0.05, 0.1) is 0 Å². The van der Waals surface area contributed by atoms with Crippen LogP contribution in [0.3, 0.4) is 0 Å². The number of nitrogen functional groups attached to an aromatic ring is 1. The van der Waals surface area contributed by atoms with E-state index in [2.05, 4.69) is 16.6 Å². The lowest BCUT2D eigenvalue weighted by Gasteiger charge is -2.05. The number of hydrogen-bond donors (Lipinski definition) is 1. The van der Waals surface area contributed by atoms with Gasteiger partial charge in [0.15, 0.2) is 0 Å². The zero-order valence-electron chi connectivity index (χ0n) is 8.54. The van der Waals surface area contributed by atoms with Gasteiger partial charge >= 0.3 is 6.61 Å². The van der Waals surface area contributed by atoms with Gasteiger partial charge in [0.1, 0.15) is 5.75 Å². The summed E-state index contributed by atoms with van der Waals surface area (Å²) in [4.78, 5) is 0. The predicted molar refractivity (Wildman–Crippen MR) is 57.1 cm³/mol. The van der Waals surface area contributed by atoms with Gasteiger partial charge in [-0.15, -0.1) is 0 Å². The Labute approximate surface area is 92.4 Å². The number of halogens is 2. The zero-order chi connectivity index (χ0) is 11.5. The number of benzene rings is 1. The van der Waals surface area contributed by atoms with E-state index in [9.17, 15) is 8.78 Å². The number of ether oxygens (including phenoxy) is 1. The van der Waals surface area contributed by atoms with E-state index in [1.165, 1.54) is 12.1 Å². The molecule has 0 saturated heterocycles. The second-order valence-corrected chi connectivity index (χ2v) is 3.71. The molecule has 0 aromatic heterocycles. The minimum atomic E-state index is -2.84. The molecule has 0 aliphatic heterocycles. The summed E-state index contributed by atoms with van der Waals surface area (Å²) in [7, 11) is 0.